The summed E-state index contributed by atoms with van der Waals surface area (Å²) in [5.41, 5.74) is 2.21. The summed E-state index contributed by atoms with van der Waals surface area (Å²) in [5.74, 6) is -1.73. The molecule has 1 amide bonds. The highest BCUT2D eigenvalue weighted by atomic mass is 16.5. The van der Waals surface area contributed by atoms with Gasteiger partial charge < -0.3 is 25.2 Å². The van der Waals surface area contributed by atoms with Gasteiger partial charge >= 0.3 is 11.9 Å². The smallest absolute Gasteiger partial charge is 0.331 e. The molecule has 0 fully saturated rings. The summed E-state index contributed by atoms with van der Waals surface area (Å²) in [5, 5.41) is 21.2. The Morgan fingerprint density at radius 2 is 1.93 bits per heavy atom. The Labute approximate surface area is 161 Å². The van der Waals surface area contributed by atoms with Crippen LogP contribution in [0.5, 0.6) is 11.5 Å². The lowest BCUT2D eigenvalue weighted by molar-refractivity contribution is -0.141. The van der Waals surface area contributed by atoms with Gasteiger partial charge in [0.2, 0.25) is 5.91 Å². The minimum absolute atomic E-state index is 0.0685. The third-order valence-electron chi connectivity index (χ3n) is 4.34. The SMILES string of the molecule is Cc1ccc2c(c1)N(CC(=O)NC(Cc1ccc(O)cc1)C(=O)O)CC(=O)O2. The zero-order chi connectivity index (χ0) is 20.3. The van der Waals surface area contributed by atoms with Crippen LogP contribution >= 0.6 is 0 Å². The fraction of sp³-hybridized carbons (Fsp3) is 0.250. The normalized spacial score (nSPS) is 14.0. The van der Waals surface area contributed by atoms with Crippen LogP contribution in [0.3, 0.4) is 0 Å². The third-order valence-corrected chi connectivity index (χ3v) is 4.34. The Morgan fingerprint density at radius 1 is 1.21 bits per heavy atom. The second-order valence-electron chi connectivity index (χ2n) is 6.63. The number of phenols is 1. The number of carboxylic acid groups (broad SMARTS) is 1. The highest BCUT2D eigenvalue weighted by Crippen LogP contribution is 2.32. The predicted molar refractivity (Wildman–Crippen MR) is 100 cm³/mol. The number of carbonyl (C=O) groups excluding carboxylic acids is 2. The molecule has 2 aromatic carbocycles. The van der Waals surface area contributed by atoms with Crippen LogP contribution in [0.1, 0.15) is 11.1 Å². The number of ether oxygens (including phenoxy) is 1. The number of aliphatic carboxylic acids is 1. The zero-order valence-corrected chi connectivity index (χ0v) is 15.2. The standard InChI is InChI=1S/C20H20N2O6/c1-12-2-7-17-16(8-12)22(11-19(25)28-17)10-18(24)21-15(20(26)27)9-13-3-5-14(23)6-4-13/h2-8,15,23H,9-11H2,1H3,(H,21,24)(H,26,27). The van der Waals surface area contributed by atoms with Crippen molar-refractivity contribution in [2.45, 2.75) is 19.4 Å². The molecule has 0 spiro atoms. The van der Waals surface area contributed by atoms with Crippen molar-refractivity contribution in [3.8, 4) is 11.5 Å². The van der Waals surface area contributed by atoms with Crippen molar-refractivity contribution in [1.82, 2.24) is 5.32 Å². The molecule has 1 unspecified atom stereocenters. The van der Waals surface area contributed by atoms with Crippen LogP contribution in [0, 0.1) is 6.92 Å². The number of fused-ring (bicyclic) bond motifs is 1. The second-order valence-corrected chi connectivity index (χ2v) is 6.63. The van der Waals surface area contributed by atoms with E-state index in [0.717, 1.165) is 5.56 Å². The molecular weight excluding hydrogens is 364 g/mol. The Balaban J connectivity index is 1.70. The molecule has 1 aliphatic heterocycles. The van der Waals surface area contributed by atoms with E-state index in [-0.39, 0.29) is 25.3 Å². The van der Waals surface area contributed by atoms with Gasteiger partial charge in [0.15, 0.2) is 5.75 Å². The lowest BCUT2D eigenvalue weighted by Crippen LogP contribution is -2.48. The molecule has 8 heteroatoms. The summed E-state index contributed by atoms with van der Waals surface area (Å²) in [6, 6.07) is 10.2. The van der Waals surface area contributed by atoms with Crippen molar-refractivity contribution >= 4 is 23.5 Å². The van der Waals surface area contributed by atoms with Crippen LogP contribution < -0.4 is 15.0 Å². The summed E-state index contributed by atoms with van der Waals surface area (Å²) >= 11 is 0. The quantitative estimate of drug-likeness (QED) is 0.507. The molecule has 28 heavy (non-hydrogen) atoms. The number of benzene rings is 2. The van der Waals surface area contributed by atoms with E-state index >= 15 is 0 Å². The molecule has 0 saturated carbocycles. The summed E-state index contributed by atoms with van der Waals surface area (Å²) in [4.78, 5) is 37.4. The number of hydrogen-bond donors (Lipinski definition) is 3. The van der Waals surface area contributed by atoms with E-state index in [2.05, 4.69) is 5.32 Å². The number of nitrogens with one attached hydrogen (secondary N) is 1. The summed E-state index contributed by atoms with van der Waals surface area (Å²) < 4.78 is 5.18. The number of carbonyl (C=O) groups is 3. The molecule has 0 aliphatic carbocycles. The first-order chi connectivity index (χ1) is 13.3. The third kappa shape index (κ3) is 4.59. The predicted octanol–water partition coefficient (Wildman–Crippen LogP) is 1.24. The average molecular weight is 384 g/mol. The molecular formula is C20H20N2O6. The summed E-state index contributed by atoms with van der Waals surface area (Å²) in [6.07, 6.45) is 0.0685. The molecule has 146 valence electrons. The maximum atomic E-state index is 12.5. The highest BCUT2D eigenvalue weighted by Gasteiger charge is 2.27. The largest absolute Gasteiger partial charge is 0.508 e. The number of hydrogen-bond acceptors (Lipinski definition) is 6. The molecule has 0 aromatic heterocycles. The van der Waals surface area contributed by atoms with Crippen molar-refractivity contribution in [2.75, 3.05) is 18.0 Å². The number of phenolic OH excluding ortho intramolecular Hbond substituents is 1. The molecule has 0 radical (unpaired) electrons. The van der Waals surface area contributed by atoms with Gasteiger partial charge in [-0.25, -0.2) is 9.59 Å². The van der Waals surface area contributed by atoms with Crippen LogP contribution in [0.25, 0.3) is 0 Å². The van der Waals surface area contributed by atoms with Crippen molar-refractivity contribution in [2.24, 2.45) is 0 Å². The number of carboxylic acids is 1. The Hall–Kier alpha value is -3.55. The Morgan fingerprint density at radius 3 is 2.61 bits per heavy atom. The molecule has 1 heterocycles. The van der Waals surface area contributed by atoms with Crippen LogP contribution in [0.4, 0.5) is 5.69 Å². The highest BCUT2D eigenvalue weighted by molar-refractivity contribution is 5.91. The van der Waals surface area contributed by atoms with E-state index < -0.39 is 23.9 Å². The minimum atomic E-state index is -1.17. The molecule has 3 rings (SSSR count). The first-order valence-corrected chi connectivity index (χ1v) is 8.68. The fourth-order valence-electron chi connectivity index (χ4n) is 2.98. The number of nitrogens with zero attached hydrogens (tertiary/aromatic N) is 1. The van der Waals surface area contributed by atoms with Gasteiger partial charge in [0.05, 0.1) is 12.2 Å². The lowest BCUT2D eigenvalue weighted by atomic mass is 10.1. The maximum Gasteiger partial charge on any atom is 0.331 e. The van der Waals surface area contributed by atoms with Gasteiger partial charge in [0.25, 0.3) is 0 Å². The van der Waals surface area contributed by atoms with Crippen molar-refractivity contribution in [3.05, 3.63) is 53.6 Å². The average Bonchev–Trinajstić information content (AvgIpc) is 2.63. The lowest BCUT2D eigenvalue weighted by Gasteiger charge is -2.30. The number of aryl methyl sites for hydroxylation is 1. The number of rotatable bonds is 6. The fourth-order valence-corrected chi connectivity index (χ4v) is 2.98. The van der Waals surface area contributed by atoms with Crippen LogP contribution in [-0.2, 0) is 20.8 Å². The van der Waals surface area contributed by atoms with E-state index in [0.29, 0.717) is 17.0 Å². The summed E-state index contributed by atoms with van der Waals surface area (Å²) in [7, 11) is 0. The number of amides is 1. The van der Waals surface area contributed by atoms with Crippen LogP contribution in [-0.4, -0.2) is 47.2 Å². The van der Waals surface area contributed by atoms with Crippen molar-refractivity contribution in [1.29, 1.82) is 0 Å². The van der Waals surface area contributed by atoms with Gasteiger partial charge in [0.1, 0.15) is 18.3 Å². The monoisotopic (exact) mass is 384 g/mol. The van der Waals surface area contributed by atoms with Gasteiger partial charge in [0, 0.05) is 6.42 Å². The van der Waals surface area contributed by atoms with E-state index in [9.17, 15) is 24.6 Å². The van der Waals surface area contributed by atoms with E-state index in [1.807, 2.05) is 6.92 Å². The van der Waals surface area contributed by atoms with E-state index in [1.54, 1.807) is 35.2 Å². The van der Waals surface area contributed by atoms with Crippen molar-refractivity contribution in [3.63, 3.8) is 0 Å². The molecule has 8 nitrogen and oxygen atoms in total. The van der Waals surface area contributed by atoms with Gasteiger partial charge in [-0.2, -0.15) is 0 Å². The second kappa shape index (κ2) is 7.99. The molecule has 3 N–H and O–H groups in total. The minimum Gasteiger partial charge on any atom is -0.508 e. The first-order valence-electron chi connectivity index (χ1n) is 8.68. The van der Waals surface area contributed by atoms with E-state index in [4.69, 9.17) is 4.74 Å². The van der Waals surface area contributed by atoms with Crippen LogP contribution in [0.15, 0.2) is 42.5 Å². The van der Waals surface area contributed by atoms with Gasteiger partial charge in [-0.15, -0.1) is 0 Å². The van der Waals surface area contributed by atoms with Crippen molar-refractivity contribution < 1.29 is 29.3 Å². The number of esters is 1. The molecule has 1 aliphatic rings. The number of aromatic hydroxyl groups is 1. The molecule has 1 atom stereocenters. The number of anilines is 1. The maximum absolute atomic E-state index is 12.5. The zero-order valence-electron chi connectivity index (χ0n) is 15.2. The Bertz CT molecular complexity index is 909. The van der Waals surface area contributed by atoms with Gasteiger partial charge in [-0.05, 0) is 42.3 Å². The van der Waals surface area contributed by atoms with E-state index in [1.165, 1.54) is 12.1 Å². The van der Waals surface area contributed by atoms with Crippen LogP contribution in [0.2, 0.25) is 0 Å². The Kier molecular flexibility index (Phi) is 5.49. The molecule has 0 saturated heterocycles. The molecule has 2 aromatic rings. The first kappa shape index (κ1) is 19.2. The van der Waals surface area contributed by atoms with Gasteiger partial charge in [-0.1, -0.05) is 18.2 Å². The van der Waals surface area contributed by atoms with Gasteiger partial charge in [-0.3, -0.25) is 4.79 Å². The molecule has 0 bridgehead atoms. The summed E-state index contributed by atoms with van der Waals surface area (Å²) in [6.45, 7) is 1.61. The topological polar surface area (TPSA) is 116 Å².